The molecule has 5 nitrogen and oxygen atoms in total. The SMILES string of the molecule is COc1ccc(CNC(=O)c2snnc2-c2ccc(Cl)cc2)cc1. The molecule has 0 aliphatic carbocycles. The number of ether oxygens (including phenoxy) is 1. The third-order valence-corrected chi connectivity index (χ3v) is 4.40. The van der Waals surface area contributed by atoms with Crippen LogP contribution in [0.3, 0.4) is 0 Å². The van der Waals surface area contributed by atoms with Gasteiger partial charge in [0.1, 0.15) is 16.3 Å². The van der Waals surface area contributed by atoms with Crippen molar-refractivity contribution in [3.05, 3.63) is 64.0 Å². The summed E-state index contributed by atoms with van der Waals surface area (Å²) in [6.45, 7) is 0.417. The maximum Gasteiger partial charge on any atom is 0.265 e. The molecule has 0 atom stereocenters. The van der Waals surface area contributed by atoms with Gasteiger partial charge in [-0.2, -0.15) is 0 Å². The first kappa shape index (κ1) is 16.4. The first-order valence-corrected chi connectivity index (χ1v) is 8.32. The summed E-state index contributed by atoms with van der Waals surface area (Å²) in [5, 5.41) is 7.58. The third-order valence-electron chi connectivity index (χ3n) is 3.42. The number of nitrogens with one attached hydrogen (secondary N) is 1. The van der Waals surface area contributed by atoms with Crippen LogP contribution in [-0.2, 0) is 6.54 Å². The molecule has 7 heteroatoms. The zero-order valence-electron chi connectivity index (χ0n) is 12.8. The predicted molar refractivity (Wildman–Crippen MR) is 94.5 cm³/mol. The molecule has 0 aliphatic rings. The van der Waals surface area contributed by atoms with Gasteiger partial charge in [-0.15, -0.1) is 5.10 Å². The van der Waals surface area contributed by atoms with Crippen molar-refractivity contribution in [1.82, 2.24) is 14.9 Å². The fourth-order valence-corrected chi connectivity index (χ4v) is 2.87. The molecule has 0 saturated heterocycles. The fraction of sp³-hybridized carbons (Fsp3) is 0.118. The van der Waals surface area contributed by atoms with E-state index >= 15 is 0 Å². The molecular weight excluding hydrogens is 346 g/mol. The van der Waals surface area contributed by atoms with Crippen LogP contribution >= 0.6 is 23.1 Å². The van der Waals surface area contributed by atoms with Gasteiger partial charge in [-0.05, 0) is 41.4 Å². The van der Waals surface area contributed by atoms with Gasteiger partial charge in [0, 0.05) is 17.1 Å². The minimum atomic E-state index is -0.203. The zero-order chi connectivity index (χ0) is 16.9. The number of benzene rings is 2. The van der Waals surface area contributed by atoms with E-state index in [-0.39, 0.29) is 5.91 Å². The molecule has 0 fully saturated rings. The second kappa shape index (κ2) is 7.42. The summed E-state index contributed by atoms with van der Waals surface area (Å²) in [7, 11) is 1.62. The number of aromatic nitrogens is 2. The van der Waals surface area contributed by atoms with Crippen LogP contribution in [0.1, 0.15) is 15.2 Å². The fourth-order valence-electron chi connectivity index (χ4n) is 2.14. The summed E-state index contributed by atoms with van der Waals surface area (Å²) in [5.41, 5.74) is 2.35. The number of rotatable bonds is 5. The lowest BCUT2D eigenvalue weighted by molar-refractivity contribution is 0.0955. The highest BCUT2D eigenvalue weighted by molar-refractivity contribution is 7.08. The van der Waals surface area contributed by atoms with Crippen molar-refractivity contribution >= 4 is 29.0 Å². The summed E-state index contributed by atoms with van der Waals surface area (Å²) in [5.74, 6) is 0.576. The highest BCUT2D eigenvalue weighted by Gasteiger charge is 2.17. The highest BCUT2D eigenvalue weighted by atomic mass is 35.5. The van der Waals surface area contributed by atoms with Crippen LogP contribution in [-0.4, -0.2) is 22.6 Å². The Bertz CT molecular complexity index is 832. The van der Waals surface area contributed by atoms with Crippen molar-refractivity contribution in [3.8, 4) is 17.0 Å². The van der Waals surface area contributed by atoms with E-state index in [4.69, 9.17) is 16.3 Å². The number of carbonyl (C=O) groups is 1. The Morgan fingerprint density at radius 1 is 1.17 bits per heavy atom. The van der Waals surface area contributed by atoms with Crippen LogP contribution in [0.5, 0.6) is 5.75 Å². The number of hydrogen-bond donors (Lipinski definition) is 1. The molecule has 0 saturated carbocycles. The second-order valence-electron chi connectivity index (χ2n) is 4.99. The molecule has 1 heterocycles. The Kier molecular flexibility index (Phi) is 5.08. The molecule has 3 rings (SSSR count). The normalized spacial score (nSPS) is 10.4. The van der Waals surface area contributed by atoms with Gasteiger partial charge in [-0.3, -0.25) is 4.79 Å². The minimum absolute atomic E-state index is 0.203. The summed E-state index contributed by atoms with van der Waals surface area (Å²) in [6.07, 6.45) is 0. The number of nitrogens with zero attached hydrogens (tertiary/aromatic N) is 2. The van der Waals surface area contributed by atoms with Gasteiger partial charge in [-0.1, -0.05) is 40.4 Å². The largest absolute Gasteiger partial charge is 0.497 e. The van der Waals surface area contributed by atoms with Gasteiger partial charge in [0.05, 0.1) is 7.11 Å². The molecule has 2 aromatic carbocycles. The van der Waals surface area contributed by atoms with Gasteiger partial charge in [0.15, 0.2) is 0 Å². The average Bonchev–Trinajstić information content (AvgIpc) is 3.10. The number of halogens is 1. The molecule has 24 heavy (non-hydrogen) atoms. The summed E-state index contributed by atoms with van der Waals surface area (Å²) in [6, 6.07) is 14.7. The molecule has 1 aromatic heterocycles. The van der Waals surface area contributed by atoms with Crippen molar-refractivity contribution in [2.45, 2.75) is 6.54 Å². The quantitative estimate of drug-likeness (QED) is 0.752. The Morgan fingerprint density at radius 2 is 1.88 bits per heavy atom. The van der Waals surface area contributed by atoms with E-state index < -0.39 is 0 Å². The molecule has 3 aromatic rings. The average molecular weight is 360 g/mol. The number of methoxy groups -OCH3 is 1. The van der Waals surface area contributed by atoms with E-state index in [0.717, 1.165) is 28.4 Å². The number of hydrogen-bond acceptors (Lipinski definition) is 5. The summed E-state index contributed by atoms with van der Waals surface area (Å²) in [4.78, 5) is 12.9. The van der Waals surface area contributed by atoms with Gasteiger partial charge in [0.25, 0.3) is 5.91 Å². The molecule has 0 bridgehead atoms. The van der Waals surface area contributed by atoms with Crippen LogP contribution in [0.4, 0.5) is 0 Å². The van der Waals surface area contributed by atoms with E-state index in [1.54, 1.807) is 19.2 Å². The monoisotopic (exact) mass is 359 g/mol. The predicted octanol–water partition coefficient (Wildman–Crippen LogP) is 3.80. The van der Waals surface area contributed by atoms with Gasteiger partial charge in [0.2, 0.25) is 0 Å². The van der Waals surface area contributed by atoms with E-state index in [9.17, 15) is 4.79 Å². The molecule has 1 amide bonds. The molecule has 0 spiro atoms. The topological polar surface area (TPSA) is 64.1 Å². The van der Waals surface area contributed by atoms with Crippen molar-refractivity contribution in [3.63, 3.8) is 0 Å². The Morgan fingerprint density at radius 3 is 2.54 bits per heavy atom. The van der Waals surface area contributed by atoms with E-state index in [2.05, 4.69) is 14.9 Å². The first-order valence-electron chi connectivity index (χ1n) is 7.17. The van der Waals surface area contributed by atoms with Crippen molar-refractivity contribution < 1.29 is 9.53 Å². The maximum absolute atomic E-state index is 12.4. The Hall–Kier alpha value is -2.44. The van der Waals surface area contributed by atoms with Crippen LogP contribution < -0.4 is 10.1 Å². The van der Waals surface area contributed by atoms with E-state index in [1.165, 1.54) is 0 Å². The summed E-state index contributed by atoms with van der Waals surface area (Å²) < 4.78 is 9.02. The van der Waals surface area contributed by atoms with Gasteiger partial charge in [-0.25, -0.2) is 0 Å². The smallest absolute Gasteiger partial charge is 0.265 e. The van der Waals surface area contributed by atoms with Crippen LogP contribution in [0.25, 0.3) is 11.3 Å². The molecule has 0 aliphatic heterocycles. The molecule has 1 N–H and O–H groups in total. The van der Waals surface area contributed by atoms with Crippen LogP contribution in [0.2, 0.25) is 5.02 Å². The lowest BCUT2D eigenvalue weighted by atomic mass is 10.1. The zero-order valence-corrected chi connectivity index (χ0v) is 14.4. The molecular formula is C17H14ClN3O2S. The lowest BCUT2D eigenvalue weighted by Crippen LogP contribution is -2.22. The van der Waals surface area contributed by atoms with Gasteiger partial charge >= 0.3 is 0 Å². The Balaban J connectivity index is 1.71. The molecule has 122 valence electrons. The van der Waals surface area contributed by atoms with Gasteiger partial charge < -0.3 is 10.1 Å². The first-order chi connectivity index (χ1) is 11.7. The van der Waals surface area contributed by atoms with Crippen LogP contribution in [0.15, 0.2) is 48.5 Å². The van der Waals surface area contributed by atoms with Crippen molar-refractivity contribution in [2.75, 3.05) is 7.11 Å². The molecule has 0 unspecified atom stereocenters. The minimum Gasteiger partial charge on any atom is -0.497 e. The number of carbonyl (C=O) groups excluding carboxylic acids is 1. The van der Waals surface area contributed by atoms with Crippen molar-refractivity contribution in [2.24, 2.45) is 0 Å². The molecule has 0 radical (unpaired) electrons. The van der Waals surface area contributed by atoms with Crippen LogP contribution in [0, 0.1) is 0 Å². The Labute approximate surface area is 148 Å². The maximum atomic E-state index is 12.4. The standard InChI is InChI=1S/C17H14ClN3O2S/c1-23-14-8-2-11(3-9-14)10-19-17(22)16-15(20-21-24-16)12-4-6-13(18)7-5-12/h2-9H,10H2,1H3,(H,19,22). The highest BCUT2D eigenvalue weighted by Crippen LogP contribution is 2.25. The second-order valence-corrected chi connectivity index (χ2v) is 6.18. The number of amides is 1. The van der Waals surface area contributed by atoms with E-state index in [0.29, 0.717) is 22.1 Å². The van der Waals surface area contributed by atoms with Crippen molar-refractivity contribution in [1.29, 1.82) is 0 Å². The van der Waals surface area contributed by atoms with E-state index in [1.807, 2.05) is 36.4 Å². The summed E-state index contributed by atoms with van der Waals surface area (Å²) >= 11 is 6.96. The third kappa shape index (κ3) is 3.72. The lowest BCUT2D eigenvalue weighted by Gasteiger charge is -2.06.